The molecule has 1 N–H and O–H groups in total. The van der Waals surface area contributed by atoms with Gasteiger partial charge >= 0.3 is 5.97 Å². The van der Waals surface area contributed by atoms with Crippen molar-refractivity contribution in [1.29, 1.82) is 0 Å². The number of benzene rings is 1. The van der Waals surface area contributed by atoms with Gasteiger partial charge < -0.3 is 5.11 Å². The summed E-state index contributed by atoms with van der Waals surface area (Å²) in [6, 6.07) is 7.93. The fourth-order valence-corrected chi connectivity index (χ4v) is 2.25. The number of carboxylic acids is 1. The van der Waals surface area contributed by atoms with Crippen LogP contribution >= 0.6 is 0 Å². The number of likely N-dealkylation sites (N-methyl/N-ethyl adjacent to an activating group) is 1. The van der Waals surface area contributed by atoms with Gasteiger partial charge in [0.15, 0.2) is 0 Å². The van der Waals surface area contributed by atoms with Crippen LogP contribution in [-0.2, 0) is 17.8 Å². The van der Waals surface area contributed by atoms with Crippen LogP contribution in [-0.4, -0.2) is 29.1 Å². The molecule has 18 heavy (non-hydrogen) atoms. The number of carbonyl (C=O) groups is 1. The van der Waals surface area contributed by atoms with E-state index >= 15 is 0 Å². The van der Waals surface area contributed by atoms with Gasteiger partial charge in [-0.3, -0.25) is 9.69 Å². The molecule has 100 valence electrons. The van der Waals surface area contributed by atoms with Crippen LogP contribution in [0.5, 0.6) is 0 Å². The number of aryl methyl sites for hydroxylation is 1. The molecule has 0 aliphatic carbocycles. The van der Waals surface area contributed by atoms with Gasteiger partial charge in [0, 0.05) is 6.54 Å². The number of rotatable bonds is 6. The lowest BCUT2D eigenvalue weighted by Crippen LogP contribution is -2.41. The van der Waals surface area contributed by atoms with Crippen molar-refractivity contribution in [2.24, 2.45) is 5.92 Å². The molecule has 1 rings (SSSR count). The molecule has 3 heteroatoms. The van der Waals surface area contributed by atoms with E-state index in [1.165, 1.54) is 5.56 Å². The number of hydrogen-bond acceptors (Lipinski definition) is 2. The number of carboxylic acid groups (broad SMARTS) is 1. The van der Waals surface area contributed by atoms with Crippen molar-refractivity contribution in [1.82, 2.24) is 4.90 Å². The van der Waals surface area contributed by atoms with Gasteiger partial charge in [-0.05, 0) is 30.5 Å². The van der Waals surface area contributed by atoms with E-state index in [0.717, 1.165) is 12.0 Å². The summed E-state index contributed by atoms with van der Waals surface area (Å²) >= 11 is 0. The van der Waals surface area contributed by atoms with Crippen molar-refractivity contribution >= 4 is 5.97 Å². The van der Waals surface area contributed by atoms with Crippen molar-refractivity contribution < 1.29 is 9.90 Å². The van der Waals surface area contributed by atoms with E-state index in [9.17, 15) is 9.90 Å². The second kappa shape index (κ2) is 6.55. The lowest BCUT2D eigenvalue weighted by atomic mass is 10.0. The highest BCUT2D eigenvalue weighted by Crippen LogP contribution is 2.14. The Hall–Kier alpha value is -1.35. The van der Waals surface area contributed by atoms with Crippen LogP contribution in [0.25, 0.3) is 0 Å². The van der Waals surface area contributed by atoms with Crippen LogP contribution in [0.15, 0.2) is 24.3 Å². The maximum atomic E-state index is 11.2. The topological polar surface area (TPSA) is 40.5 Å². The van der Waals surface area contributed by atoms with E-state index in [2.05, 4.69) is 31.2 Å². The summed E-state index contributed by atoms with van der Waals surface area (Å²) in [5.74, 6) is -0.653. The van der Waals surface area contributed by atoms with Crippen LogP contribution in [0.4, 0.5) is 0 Å². The Morgan fingerprint density at radius 1 is 1.22 bits per heavy atom. The van der Waals surface area contributed by atoms with Crippen molar-refractivity contribution in [3.63, 3.8) is 0 Å². The Balaban J connectivity index is 2.72. The summed E-state index contributed by atoms with van der Waals surface area (Å²) in [5.41, 5.74) is 2.46. The van der Waals surface area contributed by atoms with Crippen LogP contribution in [0.3, 0.4) is 0 Å². The first-order valence-electron chi connectivity index (χ1n) is 6.46. The second-order valence-electron chi connectivity index (χ2n) is 5.11. The second-order valence-corrected chi connectivity index (χ2v) is 5.11. The van der Waals surface area contributed by atoms with E-state index in [-0.39, 0.29) is 5.92 Å². The molecular weight excluding hydrogens is 226 g/mol. The third kappa shape index (κ3) is 3.84. The van der Waals surface area contributed by atoms with Crippen LogP contribution < -0.4 is 0 Å². The highest BCUT2D eigenvalue weighted by Gasteiger charge is 2.25. The Morgan fingerprint density at radius 3 is 2.11 bits per heavy atom. The maximum Gasteiger partial charge on any atom is 0.321 e. The average molecular weight is 249 g/mol. The van der Waals surface area contributed by atoms with Crippen molar-refractivity contribution in [3.8, 4) is 0 Å². The maximum absolute atomic E-state index is 11.2. The zero-order valence-electron chi connectivity index (χ0n) is 11.7. The minimum Gasteiger partial charge on any atom is -0.480 e. The Labute approximate surface area is 109 Å². The molecule has 0 aliphatic heterocycles. The van der Waals surface area contributed by atoms with Gasteiger partial charge in [-0.1, -0.05) is 45.0 Å². The average Bonchev–Trinajstić information content (AvgIpc) is 2.28. The fourth-order valence-electron chi connectivity index (χ4n) is 2.25. The first-order valence-corrected chi connectivity index (χ1v) is 6.46. The molecule has 0 spiro atoms. The normalized spacial score (nSPS) is 13.0. The molecule has 1 aromatic rings. The molecule has 0 radical (unpaired) electrons. The van der Waals surface area contributed by atoms with Gasteiger partial charge in [-0.2, -0.15) is 0 Å². The summed E-state index contributed by atoms with van der Waals surface area (Å²) in [7, 11) is 1.87. The molecule has 0 aliphatic rings. The predicted octanol–water partition coefficient (Wildman–Crippen LogP) is 2.79. The van der Waals surface area contributed by atoms with E-state index in [1.807, 2.05) is 25.8 Å². The first kappa shape index (κ1) is 14.7. The standard InChI is InChI=1S/C15H23NO2/c1-5-12-6-8-13(9-7-12)10-16(4)14(11(2)3)15(17)18/h6-9,11,14H,5,10H2,1-4H3,(H,17,18). The summed E-state index contributed by atoms with van der Waals surface area (Å²) in [6.07, 6.45) is 1.03. The Morgan fingerprint density at radius 2 is 1.72 bits per heavy atom. The summed E-state index contributed by atoms with van der Waals surface area (Å²) < 4.78 is 0. The third-order valence-corrected chi connectivity index (χ3v) is 3.22. The highest BCUT2D eigenvalue weighted by molar-refractivity contribution is 5.73. The quantitative estimate of drug-likeness (QED) is 0.842. The smallest absolute Gasteiger partial charge is 0.321 e. The van der Waals surface area contributed by atoms with E-state index in [0.29, 0.717) is 6.54 Å². The molecule has 0 aromatic heterocycles. The Kier molecular flexibility index (Phi) is 5.35. The van der Waals surface area contributed by atoms with Gasteiger partial charge in [0.25, 0.3) is 0 Å². The highest BCUT2D eigenvalue weighted by atomic mass is 16.4. The van der Waals surface area contributed by atoms with E-state index in [1.54, 1.807) is 0 Å². The molecule has 0 saturated carbocycles. The lowest BCUT2D eigenvalue weighted by Gasteiger charge is -2.27. The van der Waals surface area contributed by atoms with E-state index in [4.69, 9.17) is 0 Å². The zero-order valence-corrected chi connectivity index (χ0v) is 11.7. The molecular formula is C15H23NO2. The van der Waals surface area contributed by atoms with Crippen molar-refractivity contribution in [2.45, 2.75) is 39.8 Å². The van der Waals surface area contributed by atoms with Gasteiger partial charge in [0.1, 0.15) is 6.04 Å². The minimum absolute atomic E-state index is 0.0995. The molecule has 0 heterocycles. The van der Waals surface area contributed by atoms with Gasteiger partial charge in [0.2, 0.25) is 0 Å². The minimum atomic E-state index is -0.752. The molecule has 1 atom stereocenters. The molecule has 1 aromatic carbocycles. The number of nitrogens with zero attached hydrogens (tertiary/aromatic N) is 1. The lowest BCUT2D eigenvalue weighted by molar-refractivity contribution is -0.144. The number of hydrogen-bond donors (Lipinski definition) is 1. The molecule has 0 bridgehead atoms. The summed E-state index contributed by atoms with van der Waals surface area (Å²) in [5, 5.41) is 9.23. The molecule has 1 unspecified atom stereocenters. The zero-order chi connectivity index (χ0) is 13.7. The predicted molar refractivity (Wildman–Crippen MR) is 73.5 cm³/mol. The first-order chi connectivity index (χ1) is 8.45. The molecule has 3 nitrogen and oxygen atoms in total. The largest absolute Gasteiger partial charge is 0.480 e. The summed E-state index contributed by atoms with van der Waals surface area (Å²) in [6.45, 7) is 6.67. The van der Waals surface area contributed by atoms with Crippen molar-refractivity contribution in [2.75, 3.05) is 7.05 Å². The monoisotopic (exact) mass is 249 g/mol. The van der Waals surface area contributed by atoms with Crippen LogP contribution in [0.2, 0.25) is 0 Å². The van der Waals surface area contributed by atoms with E-state index < -0.39 is 12.0 Å². The third-order valence-electron chi connectivity index (χ3n) is 3.22. The van der Waals surface area contributed by atoms with Gasteiger partial charge in [0.05, 0.1) is 0 Å². The van der Waals surface area contributed by atoms with Gasteiger partial charge in [-0.15, -0.1) is 0 Å². The van der Waals surface area contributed by atoms with Gasteiger partial charge in [-0.25, -0.2) is 0 Å². The molecule has 0 fully saturated rings. The van der Waals surface area contributed by atoms with Crippen LogP contribution in [0.1, 0.15) is 31.9 Å². The molecule has 0 amide bonds. The van der Waals surface area contributed by atoms with Crippen LogP contribution in [0, 0.1) is 5.92 Å². The number of aliphatic carboxylic acids is 1. The van der Waals surface area contributed by atoms with Crippen molar-refractivity contribution in [3.05, 3.63) is 35.4 Å². The molecule has 0 saturated heterocycles. The fraction of sp³-hybridized carbons (Fsp3) is 0.533. The summed E-state index contributed by atoms with van der Waals surface area (Å²) in [4.78, 5) is 13.1. The SMILES string of the molecule is CCc1ccc(CN(C)C(C(=O)O)C(C)C)cc1. The Bertz CT molecular complexity index is 384.